The zero-order chi connectivity index (χ0) is 15.0. The van der Waals surface area contributed by atoms with Crippen molar-refractivity contribution in [2.45, 2.75) is 37.8 Å². The quantitative estimate of drug-likeness (QED) is 0.883. The lowest BCUT2D eigenvalue weighted by atomic mass is 10.0. The van der Waals surface area contributed by atoms with Crippen LogP contribution in [0.1, 0.15) is 27.2 Å². The normalized spacial score (nSPS) is 12.8. The van der Waals surface area contributed by atoms with Gasteiger partial charge in [-0.1, -0.05) is 13.0 Å². The Hall–Kier alpha value is -1.60. The van der Waals surface area contributed by atoms with Gasteiger partial charge in [-0.15, -0.1) is 0 Å². The SMILES string of the molecule is CCC(C)(C)NS(=O)(=O)c1c(NC)nc2ccccn12. The van der Waals surface area contributed by atoms with Gasteiger partial charge in [0, 0.05) is 18.8 Å². The van der Waals surface area contributed by atoms with Crippen molar-refractivity contribution in [3.63, 3.8) is 0 Å². The third-order valence-electron chi connectivity index (χ3n) is 3.27. The molecule has 0 atom stereocenters. The number of anilines is 1. The molecule has 0 aliphatic rings. The van der Waals surface area contributed by atoms with Crippen LogP contribution in [-0.2, 0) is 10.0 Å². The van der Waals surface area contributed by atoms with Gasteiger partial charge in [0.05, 0.1) is 0 Å². The molecule has 20 heavy (non-hydrogen) atoms. The van der Waals surface area contributed by atoms with E-state index in [0.717, 1.165) is 0 Å². The van der Waals surface area contributed by atoms with E-state index in [9.17, 15) is 8.42 Å². The van der Waals surface area contributed by atoms with Gasteiger partial charge in [0.25, 0.3) is 10.0 Å². The lowest BCUT2D eigenvalue weighted by Gasteiger charge is -2.24. The minimum absolute atomic E-state index is 0.136. The van der Waals surface area contributed by atoms with Crippen molar-refractivity contribution in [3.8, 4) is 0 Å². The Morgan fingerprint density at radius 1 is 1.35 bits per heavy atom. The molecule has 2 N–H and O–H groups in total. The Kier molecular flexibility index (Phi) is 3.75. The zero-order valence-corrected chi connectivity index (χ0v) is 13.0. The maximum absolute atomic E-state index is 12.6. The molecule has 0 saturated carbocycles. The first-order valence-corrected chi connectivity index (χ1v) is 7.98. The lowest BCUT2D eigenvalue weighted by molar-refractivity contribution is 0.438. The number of aromatic nitrogens is 2. The van der Waals surface area contributed by atoms with E-state index >= 15 is 0 Å². The summed E-state index contributed by atoms with van der Waals surface area (Å²) in [5.41, 5.74) is 0.0782. The van der Waals surface area contributed by atoms with Crippen molar-refractivity contribution in [2.24, 2.45) is 0 Å². The van der Waals surface area contributed by atoms with Crippen LogP contribution in [0, 0.1) is 0 Å². The second-order valence-corrected chi connectivity index (χ2v) is 6.89. The predicted molar refractivity (Wildman–Crippen MR) is 79.4 cm³/mol. The van der Waals surface area contributed by atoms with E-state index in [1.165, 1.54) is 0 Å². The molecule has 0 bridgehead atoms. The predicted octanol–water partition coefficient (Wildman–Crippen LogP) is 1.84. The molecule has 0 radical (unpaired) electrons. The monoisotopic (exact) mass is 296 g/mol. The van der Waals surface area contributed by atoms with Crippen molar-refractivity contribution in [1.82, 2.24) is 14.1 Å². The molecule has 0 unspecified atom stereocenters. The van der Waals surface area contributed by atoms with Gasteiger partial charge in [0.1, 0.15) is 5.65 Å². The Bertz CT molecular complexity index is 719. The number of pyridine rings is 1. The number of rotatable bonds is 5. The highest BCUT2D eigenvalue weighted by molar-refractivity contribution is 7.89. The minimum Gasteiger partial charge on any atom is -0.371 e. The summed E-state index contributed by atoms with van der Waals surface area (Å²) in [6.07, 6.45) is 2.38. The average Bonchev–Trinajstić information content (AvgIpc) is 2.76. The summed E-state index contributed by atoms with van der Waals surface area (Å²) in [4.78, 5) is 4.29. The first-order chi connectivity index (χ1) is 9.30. The second-order valence-electron chi connectivity index (χ2n) is 5.29. The number of imidazole rings is 1. The summed E-state index contributed by atoms with van der Waals surface area (Å²) in [6.45, 7) is 5.65. The van der Waals surface area contributed by atoms with E-state index < -0.39 is 15.6 Å². The second kappa shape index (κ2) is 5.06. The Labute approximate surface area is 119 Å². The summed E-state index contributed by atoms with van der Waals surface area (Å²) in [6, 6.07) is 5.37. The van der Waals surface area contributed by atoms with Crippen LogP contribution in [0.5, 0.6) is 0 Å². The maximum atomic E-state index is 12.6. The lowest BCUT2D eigenvalue weighted by Crippen LogP contribution is -2.43. The van der Waals surface area contributed by atoms with Crippen LogP contribution in [-0.4, -0.2) is 30.4 Å². The van der Waals surface area contributed by atoms with Gasteiger partial charge in [-0.3, -0.25) is 4.40 Å². The highest BCUT2D eigenvalue weighted by Crippen LogP contribution is 2.24. The molecular weight excluding hydrogens is 276 g/mol. The fraction of sp³-hybridized carbons (Fsp3) is 0.462. The molecule has 7 heteroatoms. The molecule has 2 aromatic heterocycles. The number of nitrogens with one attached hydrogen (secondary N) is 2. The van der Waals surface area contributed by atoms with Crippen LogP contribution in [0.2, 0.25) is 0 Å². The molecular formula is C13H20N4O2S. The molecule has 2 heterocycles. The number of sulfonamides is 1. The van der Waals surface area contributed by atoms with Crippen LogP contribution in [0.15, 0.2) is 29.4 Å². The van der Waals surface area contributed by atoms with Crippen LogP contribution in [0.3, 0.4) is 0 Å². The number of fused-ring (bicyclic) bond motifs is 1. The largest absolute Gasteiger partial charge is 0.371 e. The first kappa shape index (κ1) is 14.8. The molecule has 6 nitrogen and oxygen atoms in total. The summed E-state index contributed by atoms with van der Waals surface area (Å²) >= 11 is 0. The third-order valence-corrected chi connectivity index (χ3v) is 4.99. The van der Waals surface area contributed by atoms with Gasteiger partial charge in [0.15, 0.2) is 10.8 Å². The van der Waals surface area contributed by atoms with E-state index in [-0.39, 0.29) is 5.03 Å². The molecule has 0 amide bonds. The standard InChI is InChI=1S/C13H20N4O2S/c1-5-13(2,3)16-20(18,19)12-11(14-4)15-10-8-6-7-9-17(10)12/h6-9,14,16H,5H2,1-4H3. The van der Waals surface area contributed by atoms with Crippen LogP contribution < -0.4 is 10.0 Å². The van der Waals surface area contributed by atoms with Gasteiger partial charge in [0.2, 0.25) is 0 Å². The van der Waals surface area contributed by atoms with Gasteiger partial charge in [-0.2, -0.15) is 0 Å². The summed E-state index contributed by atoms with van der Waals surface area (Å²) in [5, 5.41) is 2.98. The van der Waals surface area contributed by atoms with Crippen LogP contribution >= 0.6 is 0 Å². The van der Waals surface area contributed by atoms with Gasteiger partial charge < -0.3 is 5.32 Å². The van der Waals surface area contributed by atoms with E-state index in [1.807, 2.05) is 26.8 Å². The average molecular weight is 296 g/mol. The number of nitrogens with zero attached hydrogens (tertiary/aromatic N) is 2. The van der Waals surface area contributed by atoms with E-state index in [4.69, 9.17) is 0 Å². The van der Waals surface area contributed by atoms with Crippen molar-refractivity contribution in [2.75, 3.05) is 12.4 Å². The molecule has 0 aliphatic heterocycles. The summed E-state index contributed by atoms with van der Waals surface area (Å²) in [5.74, 6) is 0.343. The highest BCUT2D eigenvalue weighted by atomic mass is 32.2. The van der Waals surface area contributed by atoms with Crippen molar-refractivity contribution in [1.29, 1.82) is 0 Å². The Morgan fingerprint density at radius 2 is 2.05 bits per heavy atom. The van der Waals surface area contributed by atoms with Crippen molar-refractivity contribution >= 4 is 21.5 Å². The molecule has 2 aromatic rings. The number of hydrogen-bond acceptors (Lipinski definition) is 4. The number of hydrogen-bond donors (Lipinski definition) is 2. The minimum atomic E-state index is -3.67. The van der Waals surface area contributed by atoms with E-state index in [2.05, 4.69) is 15.0 Å². The molecule has 2 rings (SSSR count). The van der Waals surface area contributed by atoms with Crippen LogP contribution in [0.4, 0.5) is 5.82 Å². The fourth-order valence-electron chi connectivity index (χ4n) is 1.88. The summed E-state index contributed by atoms with van der Waals surface area (Å²) in [7, 11) is -2.01. The van der Waals surface area contributed by atoms with Crippen molar-refractivity contribution in [3.05, 3.63) is 24.4 Å². The molecule has 0 aromatic carbocycles. The molecule has 0 fully saturated rings. The highest BCUT2D eigenvalue weighted by Gasteiger charge is 2.30. The molecule has 110 valence electrons. The fourth-order valence-corrected chi connectivity index (χ4v) is 3.66. The molecule has 0 spiro atoms. The Morgan fingerprint density at radius 3 is 2.65 bits per heavy atom. The maximum Gasteiger partial charge on any atom is 0.260 e. The van der Waals surface area contributed by atoms with E-state index in [1.54, 1.807) is 29.8 Å². The van der Waals surface area contributed by atoms with E-state index in [0.29, 0.717) is 17.9 Å². The topological polar surface area (TPSA) is 75.5 Å². The van der Waals surface area contributed by atoms with Crippen molar-refractivity contribution < 1.29 is 8.42 Å². The summed E-state index contributed by atoms with van der Waals surface area (Å²) < 4.78 is 29.6. The first-order valence-electron chi connectivity index (χ1n) is 6.49. The zero-order valence-electron chi connectivity index (χ0n) is 12.1. The smallest absolute Gasteiger partial charge is 0.260 e. The van der Waals surface area contributed by atoms with Gasteiger partial charge in [-0.25, -0.2) is 18.1 Å². The van der Waals surface area contributed by atoms with Gasteiger partial charge in [-0.05, 0) is 32.4 Å². The van der Waals surface area contributed by atoms with Gasteiger partial charge >= 0.3 is 0 Å². The molecule has 0 saturated heterocycles. The molecule has 0 aliphatic carbocycles. The third kappa shape index (κ3) is 2.64. The Balaban J connectivity index is 2.62. The van der Waals surface area contributed by atoms with Crippen LogP contribution in [0.25, 0.3) is 5.65 Å².